The molecule has 104 valence electrons. The molecule has 1 N–H and O–H groups in total. The molecule has 3 rings (SSSR count). The van der Waals surface area contributed by atoms with Crippen LogP contribution in [-0.4, -0.2) is 17.6 Å². The van der Waals surface area contributed by atoms with Gasteiger partial charge in [0.1, 0.15) is 5.75 Å². The first-order valence-electron chi connectivity index (χ1n) is 7.20. The van der Waals surface area contributed by atoms with E-state index in [1.807, 2.05) is 24.3 Å². The monoisotopic (exact) mass is 268 g/mol. The number of hydrogen-bond donors (Lipinski definition) is 1. The Balaban J connectivity index is 2.11. The van der Waals surface area contributed by atoms with Crippen LogP contribution in [-0.2, 0) is 4.65 Å². The SMILES string of the molecule is CC1(C)CB(c2ccc(O)c3ccccc23)OC1(C)C. The van der Waals surface area contributed by atoms with Crippen LogP contribution in [0.15, 0.2) is 36.4 Å². The van der Waals surface area contributed by atoms with Gasteiger partial charge in [0.25, 0.3) is 0 Å². The van der Waals surface area contributed by atoms with E-state index in [-0.39, 0.29) is 17.9 Å². The van der Waals surface area contributed by atoms with Gasteiger partial charge in [0.05, 0.1) is 5.60 Å². The second-order valence-electron chi connectivity index (χ2n) is 6.92. The predicted octanol–water partition coefficient (Wildman–Crippen LogP) is 3.58. The van der Waals surface area contributed by atoms with Gasteiger partial charge < -0.3 is 9.76 Å². The Hall–Kier alpha value is -1.48. The van der Waals surface area contributed by atoms with Gasteiger partial charge in [-0.3, -0.25) is 0 Å². The van der Waals surface area contributed by atoms with E-state index < -0.39 is 0 Å². The Morgan fingerprint density at radius 1 is 1.00 bits per heavy atom. The molecule has 1 aliphatic heterocycles. The second-order valence-corrected chi connectivity index (χ2v) is 6.92. The maximum absolute atomic E-state index is 10.0. The van der Waals surface area contributed by atoms with Crippen LogP contribution in [0.2, 0.25) is 6.32 Å². The lowest BCUT2D eigenvalue weighted by atomic mass is 9.53. The molecule has 1 saturated heterocycles. The lowest BCUT2D eigenvalue weighted by molar-refractivity contribution is 0.0376. The van der Waals surface area contributed by atoms with E-state index in [1.54, 1.807) is 6.07 Å². The molecule has 0 aromatic heterocycles. The van der Waals surface area contributed by atoms with E-state index in [9.17, 15) is 5.11 Å². The first kappa shape index (κ1) is 13.5. The molecule has 1 fully saturated rings. The molecule has 1 heterocycles. The minimum absolute atomic E-state index is 0.0884. The third kappa shape index (κ3) is 1.92. The number of phenolic OH excluding ortho intramolecular Hbond substituents is 1. The molecule has 3 heteroatoms. The van der Waals surface area contributed by atoms with Crippen molar-refractivity contribution in [2.75, 3.05) is 0 Å². The van der Waals surface area contributed by atoms with E-state index >= 15 is 0 Å². The van der Waals surface area contributed by atoms with Crippen LogP contribution in [0.5, 0.6) is 5.75 Å². The average molecular weight is 268 g/mol. The lowest BCUT2D eigenvalue weighted by Gasteiger charge is -2.34. The molecule has 1 aliphatic rings. The molecule has 0 saturated carbocycles. The van der Waals surface area contributed by atoms with Crippen molar-refractivity contribution in [3.05, 3.63) is 36.4 Å². The van der Waals surface area contributed by atoms with Gasteiger partial charge in [-0.2, -0.15) is 0 Å². The van der Waals surface area contributed by atoms with Crippen molar-refractivity contribution in [1.82, 2.24) is 0 Å². The number of benzene rings is 2. The Labute approximate surface area is 120 Å². The first-order chi connectivity index (χ1) is 9.32. The predicted molar refractivity (Wildman–Crippen MR) is 84.8 cm³/mol. The van der Waals surface area contributed by atoms with E-state index in [2.05, 4.69) is 33.8 Å². The van der Waals surface area contributed by atoms with Gasteiger partial charge in [-0.1, -0.05) is 44.2 Å². The summed E-state index contributed by atoms with van der Waals surface area (Å²) in [5, 5.41) is 12.0. The van der Waals surface area contributed by atoms with E-state index in [0.29, 0.717) is 5.75 Å². The Kier molecular flexibility index (Phi) is 2.88. The number of aromatic hydroxyl groups is 1. The maximum Gasteiger partial charge on any atom is 0.328 e. The third-order valence-corrected chi connectivity index (χ3v) is 5.04. The number of hydrogen-bond acceptors (Lipinski definition) is 2. The lowest BCUT2D eigenvalue weighted by Crippen LogP contribution is -2.36. The van der Waals surface area contributed by atoms with Crippen molar-refractivity contribution in [3.63, 3.8) is 0 Å². The molecule has 2 aromatic carbocycles. The molecule has 20 heavy (non-hydrogen) atoms. The molecule has 0 radical (unpaired) electrons. The van der Waals surface area contributed by atoms with Crippen molar-refractivity contribution in [3.8, 4) is 5.75 Å². The fourth-order valence-electron chi connectivity index (χ4n) is 3.03. The molecule has 0 unspecified atom stereocenters. The molecule has 0 aliphatic carbocycles. The standard InChI is InChI=1S/C17H21BO2/c1-16(2)11-18(20-17(16,3)4)14-9-10-15(19)13-8-6-5-7-12(13)14/h5-10,19H,11H2,1-4H3. The molecule has 2 aromatic rings. The van der Waals surface area contributed by atoms with Gasteiger partial charge in [0.15, 0.2) is 0 Å². The van der Waals surface area contributed by atoms with Gasteiger partial charge in [-0.15, -0.1) is 0 Å². The van der Waals surface area contributed by atoms with Crippen molar-refractivity contribution in [2.45, 2.75) is 39.6 Å². The highest BCUT2D eigenvalue weighted by molar-refractivity contribution is 6.71. The van der Waals surface area contributed by atoms with E-state index in [1.165, 1.54) is 5.46 Å². The summed E-state index contributed by atoms with van der Waals surface area (Å²) < 4.78 is 6.32. The fraction of sp³-hybridized carbons (Fsp3) is 0.412. The second kappa shape index (κ2) is 4.26. The van der Waals surface area contributed by atoms with Crippen molar-refractivity contribution >= 4 is 23.2 Å². The summed E-state index contributed by atoms with van der Waals surface area (Å²) in [4.78, 5) is 0. The highest BCUT2D eigenvalue weighted by Gasteiger charge is 2.50. The topological polar surface area (TPSA) is 29.5 Å². The smallest absolute Gasteiger partial charge is 0.328 e. The minimum Gasteiger partial charge on any atom is -0.507 e. The molecule has 2 nitrogen and oxygen atoms in total. The van der Waals surface area contributed by atoms with Crippen LogP contribution >= 0.6 is 0 Å². The molecule has 0 spiro atoms. The van der Waals surface area contributed by atoms with E-state index in [4.69, 9.17) is 4.65 Å². The zero-order valence-electron chi connectivity index (χ0n) is 12.6. The number of fused-ring (bicyclic) bond motifs is 1. The molecule has 0 bridgehead atoms. The van der Waals surface area contributed by atoms with Gasteiger partial charge in [0, 0.05) is 5.39 Å². The summed E-state index contributed by atoms with van der Waals surface area (Å²) in [5.41, 5.74) is 1.17. The van der Waals surface area contributed by atoms with Gasteiger partial charge in [0.2, 0.25) is 0 Å². The van der Waals surface area contributed by atoms with Crippen molar-refractivity contribution < 1.29 is 9.76 Å². The highest BCUT2D eigenvalue weighted by Crippen LogP contribution is 2.45. The summed E-state index contributed by atoms with van der Waals surface area (Å²) in [5.74, 6) is 0.334. The molecule has 0 atom stereocenters. The average Bonchev–Trinajstić information content (AvgIpc) is 2.59. The fourth-order valence-corrected chi connectivity index (χ4v) is 3.03. The molecular formula is C17H21BO2. The maximum atomic E-state index is 10.0. The van der Waals surface area contributed by atoms with Gasteiger partial charge in [-0.25, -0.2) is 0 Å². The third-order valence-electron chi connectivity index (χ3n) is 5.04. The van der Waals surface area contributed by atoms with Crippen molar-refractivity contribution in [2.24, 2.45) is 5.41 Å². The number of phenols is 1. The molecular weight excluding hydrogens is 247 g/mol. The zero-order valence-corrected chi connectivity index (χ0v) is 12.6. The van der Waals surface area contributed by atoms with Crippen LogP contribution < -0.4 is 5.46 Å². The van der Waals surface area contributed by atoms with Gasteiger partial charge in [-0.05, 0) is 42.5 Å². The first-order valence-corrected chi connectivity index (χ1v) is 7.20. The summed E-state index contributed by atoms with van der Waals surface area (Å²) in [6.45, 7) is 8.93. The summed E-state index contributed by atoms with van der Waals surface area (Å²) >= 11 is 0. The largest absolute Gasteiger partial charge is 0.507 e. The Morgan fingerprint density at radius 2 is 1.65 bits per heavy atom. The minimum atomic E-state index is -0.142. The highest BCUT2D eigenvalue weighted by atomic mass is 16.5. The Bertz CT molecular complexity index is 645. The summed E-state index contributed by atoms with van der Waals surface area (Å²) in [6.07, 6.45) is 0.995. The normalized spacial score (nSPS) is 20.5. The quantitative estimate of drug-likeness (QED) is 0.801. The van der Waals surface area contributed by atoms with E-state index in [0.717, 1.165) is 17.1 Å². The van der Waals surface area contributed by atoms with Crippen LogP contribution in [0.3, 0.4) is 0 Å². The van der Waals surface area contributed by atoms with Crippen LogP contribution in [0.1, 0.15) is 27.7 Å². The Morgan fingerprint density at radius 3 is 2.25 bits per heavy atom. The van der Waals surface area contributed by atoms with Crippen LogP contribution in [0.4, 0.5) is 0 Å². The molecule has 0 amide bonds. The summed E-state index contributed by atoms with van der Waals surface area (Å²) in [6, 6.07) is 11.8. The van der Waals surface area contributed by atoms with Gasteiger partial charge >= 0.3 is 6.92 Å². The zero-order chi connectivity index (χ0) is 14.5. The summed E-state index contributed by atoms with van der Waals surface area (Å²) in [7, 11) is 0. The van der Waals surface area contributed by atoms with Crippen molar-refractivity contribution in [1.29, 1.82) is 0 Å². The van der Waals surface area contributed by atoms with Crippen LogP contribution in [0, 0.1) is 5.41 Å². The van der Waals surface area contributed by atoms with Crippen LogP contribution in [0.25, 0.3) is 10.8 Å². The number of rotatable bonds is 1.